The molecule has 5 heteroatoms. The minimum Gasteiger partial charge on any atom is -0.462 e. The summed E-state index contributed by atoms with van der Waals surface area (Å²) in [5.41, 5.74) is 6.01. The van der Waals surface area contributed by atoms with Gasteiger partial charge in [0.2, 0.25) is 0 Å². The van der Waals surface area contributed by atoms with Crippen LogP contribution in [0.4, 0.5) is 0 Å². The van der Waals surface area contributed by atoms with Gasteiger partial charge in [-0.2, -0.15) is 0 Å². The molecule has 3 aromatic carbocycles. The zero-order chi connectivity index (χ0) is 25.1. The minimum absolute atomic E-state index is 0.0738. The summed E-state index contributed by atoms with van der Waals surface area (Å²) < 4.78 is 6.66. The van der Waals surface area contributed by atoms with Crippen LogP contribution >= 0.6 is 15.9 Å². The molecule has 182 valence electrons. The number of dihydropyridines is 1. The number of nitrogens with one attached hydrogen (secondary N) is 1. The van der Waals surface area contributed by atoms with Crippen molar-refractivity contribution in [3.63, 3.8) is 0 Å². The van der Waals surface area contributed by atoms with Gasteiger partial charge in [-0.05, 0) is 48.1 Å². The molecule has 0 fully saturated rings. The van der Waals surface area contributed by atoms with E-state index in [0.29, 0.717) is 24.0 Å². The number of hydrogen-bond acceptors (Lipinski definition) is 4. The SMILES string of the molecule is CC1=C(C(=O)OCCc2ccccc2)[C@H](c2cccc(Br)c2)C2=C(C[C@@H](c3ccccc3)CC2=O)N1. The molecule has 0 spiro atoms. The van der Waals surface area contributed by atoms with Crippen LogP contribution in [0.15, 0.2) is 112 Å². The average molecular weight is 542 g/mol. The van der Waals surface area contributed by atoms with E-state index in [9.17, 15) is 9.59 Å². The van der Waals surface area contributed by atoms with Crippen molar-refractivity contribution in [1.82, 2.24) is 5.32 Å². The van der Waals surface area contributed by atoms with Gasteiger partial charge >= 0.3 is 5.97 Å². The number of ether oxygens (including phenoxy) is 1. The van der Waals surface area contributed by atoms with E-state index in [-0.39, 0.29) is 24.3 Å². The van der Waals surface area contributed by atoms with Crippen molar-refractivity contribution in [3.05, 3.63) is 129 Å². The molecule has 1 N–H and O–H groups in total. The number of halogens is 1. The molecule has 0 saturated heterocycles. The molecule has 2 atom stereocenters. The van der Waals surface area contributed by atoms with Gasteiger partial charge in [0, 0.05) is 40.2 Å². The molecule has 3 aromatic rings. The van der Waals surface area contributed by atoms with Gasteiger partial charge in [0.05, 0.1) is 12.2 Å². The van der Waals surface area contributed by atoms with Crippen LogP contribution in [0.25, 0.3) is 0 Å². The smallest absolute Gasteiger partial charge is 0.336 e. The lowest BCUT2D eigenvalue weighted by Gasteiger charge is -2.36. The maximum atomic E-state index is 13.7. The van der Waals surface area contributed by atoms with Crippen molar-refractivity contribution in [2.45, 2.75) is 38.0 Å². The second kappa shape index (κ2) is 10.7. The minimum atomic E-state index is -0.466. The maximum Gasteiger partial charge on any atom is 0.336 e. The van der Waals surface area contributed by atoms with Crippen molar-refractivity contribution in [1.29, 1.82) is 0 Å². The highest BCUT2D eigenvalue weighted by atomic mass is 79.9. The fourth-order valence-electron chi connectivity index (χ4n) is 5.27. The van der Waals surface area contributed by atoms with Crippen LogP contribution < -0.4 is 5.32 Å². The van der Waals surface area contributed by atoms with Gasteiger partial charge in [-0.15, -0.1) is 0 Å². The molecule has 0 bridgehead atoms. The van der Waals surface area contributed by atoms with E-state index in [0.717, 1.165) is 39.0 Å². The molecular weight excluding hydrogens is 514 g/mol. The number of ketones is 1. The van der Waals surface area contributed by atoms with Crippen LogP contribution in [0.3, 0.4) is 0 Å². The monoisotopic (exact) mass is 541 g/mol. The lowest BCUT2D eigenvalue weighted by molar-refractivity contribution is -0.139. The molecule has 0 amide bonds. The van der Waals surface area contributed by atoms with Crippen LogP contribution in [0.2, 0.25) is 0 Å². The lowest BCUT2D eigenvalue weighted by atomic mass is 9.72. The summed E-state index contributed by atoms with van der Waals surface area (Å²) in [7, 11) is 0. The van der Waals surface area contributed by atoms with Crippen LogP contribution in [0, 0.1) is 0 Å². The molecule has 2 aliphatic rings. The molecule has 1 heterocycles. The fraction of sp³-hybridized carbons (Fsp3) is 0.226. The van der Waals surface area contributed by atoms with Gasteiger partial charge in [-0.1, -0.05) is 88.7 Å². The number of allylic oxidation sites excluding steroid dienone is 3. The number of carbonyl (C=O) groups excluding carboxylic acids is 2. The normalized spacial score (nSPS) is 19.6. The molecule has 1 aliphatic carbocycles. The van der Waals surface area contributed by atoms with Crippen LogP contribution in [0.5, 0.6) is 0 Å². The first-order valence-corrected chi connectivity index (χ1v) is 13.1. The second-order valence-corrected chi connectivity index (χ2v) is 10.3. The fourth-order valence-corrected chi connectivity index (χ4v) is 5.69. The average Bonchev–Trinajstić information content (AvgIpc) is 2.89. The van der Waals surface area contributed by atoms with E-state index < -0.39 is 5.92 Å². The Hall–Kier alpha value is -3.44. The third kappa shape index (κ3) is 5.07. The van der Waals surface area contributed by atoms with Gasteiger partial charge in [0.1, 0.15) is 0 Å². The Morgan fingerprint density at radius 1 is 0.944 bits per heavy atom. The quantitative estimate of drug-likeness (QED) is 0.357. The highest BCUT2D eigenvalue weighted by molar-refractivity contribution is 9.10. The van der Waals surface area contributed by atoms with E-state index in [1.165, 1.54) is 0 Å². The van der Waals surface area contributed by atoms with E-state index in [1.807, 2.05) is 79.7 Å². The third-order valence-corrected chi connectivity index (χ3v) is 7.46. The zero-order valence-electron chi connectivity index (χ0n) is 20.2. The highest BCUT2D eigenvalue weighted by Crippen LogP contribution is 2.46. The molecule has 0 unspecified atom stereocenters. The highest BCUT2D eigenvalue weighted by Gasteiger charge is 2.41. The summed E-state index contributed by atoms with van der Waals surface area (Å²) >= 11 is 3.56. The summed E-state index contributed by atoms with van der Waals surface area (Å²) in [5.74, 6) is -0.664. The summed E-state index contributed by atoms with van der Waals surface area (Å²) in [6, 6.07) is 28.0. The van der Waals surface area contributed by atoms with Gasteiger partial charge in [-0.3, -0.25) is 4.79 Å². The zero-order valence-corrected chi connectivity index (χ0v) is 21.8. The summed E-state index contributed by atoms with van der Waals surface area (Å²) in [6.45, 7) is 2.18. The number of esters is 1. The Labute approximate surface area is 220 Å². The van der Waals surface area contributed by atoms with Gasteiger partial charge in [0.15, 0.2) is 5.78 Å². The Morgan fingerprint density at radius 2 is 1.64 bits per heavy atom. The Kier molecular flexibility index (Phi) is 7.19. The van der Waals surface area contributed by atoms with Gasteiger partial charge in [-0.25, -0.2) is 4.79 Å². The topological polar surface area (TPSA) is 55.4 Å². The van der Waals surface area contributed by atoms with Crippen LogP contribution in [0.1, 0.15) is 48.3 Å². The van der Waals surface area contributed by atoms with Crippen LogP contribution in [-0.2, 0) is 20.7 Å². The summed E-state index contributed by atoms with van der Waals surface area (Å²) in [5, 5.41) is 3.43. The molecule has 0 radical (unpaired) electrons. The first kappa shape index (κ1) is 24.3. The van der Waals surface area contributed by atoms with E-state index >= 15 is 0 Å². The second-order valence-electron chi connectivity index (χ2n) is 9.35. The molecule has 0 aromatic heterocycles. The van der Waals surface area contributed by atoms with Crippen molar-refractivity contribution in [3.8, 4) is 0 Å². The molecule has 36 heavy (non-hydrogen) atoms. The van der Waals surface area contributed by atoms with E-state index in [1.54, 1.807) is 0 Å². The molecule has 1 aliphatic heterocycles. The molecule has 5 rings (SSSR count). The van der Waals surface area contributed by atoms with Crippen molar-refractivity contribution >= 4 is 27.7 Å². The molecular formula is C31H28BrNO3. The number of Topliss-reactive ketones (excluding diaryl/α,β-unsaturated/α-hetero) is 1. The number of benzene rings is 3. The Balaban J connectivity index is 1.47. The Morgan fingerprint density at radius 3 is 2.36 bits per heavy atom. The van der Waals surface area contributed by atoms with E-state index in [4.69, 9.17) is 4.74 Å². The maximum absolute atomic E-state index is 13.7. The molecule has 0 saturated carbocycles. The van der Waals surface area contributed by atoms with Crippen molar-refractivity contribution in [2.75, 3.05) is 6.61 Å². The predicted molar refractivity (Wildman–Crippen MR) is 144 cm³/mol. The third-order valence-electron chi connectivity index (χ3n) is 6.97. The summed E-state index contributed by atoms with van der Waals surface area (Å²) in [6.07, 6.45) is 1.78. The Bertz CT molecular complexity index is 1340. The molecule has 4 nitrogen and oxygen atoms in total. The number of rotatable bonds is 6. The number of hydrogen-bond donors (Lipinski definition) is 1. The predicted octanol–water partition coefficient (Wildman–Crippen LogP) is 6.60. The van der Waals surface area contributed by atoms with Crippen molar-refractivity contribution in [2.24, 2.45) is 0 Å². The summed E-state index contributed by atoms with van der Waals surface area (Å²) in [4.78, 5) is 27.1. The van der Waals surface area contributed by atoms with Crippen LogP contribution in [-0.4, -0.2) is 18.4 Å². The van der Waals surface area contributed by atoms with Gasteiger partial charge in [0.25, 0.3) is 0 Å². The lowest BCUT2D eigenvalue weighted by Crippen LogP contribution is -2.36. The van der Waals surface area contributed by atoms with Gasteiger partial charge < -0.3 is 10.1 Å². The largest absolute Gasteiger partial charge is 0.462 e. The first-order valence-electron chi connectivity index (χ1n) is 12.3. The van der Waals surface area contributed by atoms with Crippen molar-refractivity contribution < 1.29 is 14.3 Å². The standard InChI is InChI=1S/C31H28BrNO3/c1-20-28(31(35)36-16-15-21-9-4-2-5-10-21)29(23-13-8-14-25(32)17-23)30-26(33-20)18-24(19-27(30)34)22-11-6-3-7-12-22/h2-14,17,24,29,33H,15-16,18-19H2,1H3/t24-,29+/m1/s1. The van der Waals surface area contributed by atoms with E-state index in [2.05, 4.69) is 33.4 Å². The number of carbonyl (C=O) groups is 2. The first-order chi connectivity index (χ1) is 17.5.